The van der Waals surface area contributed by atoms with Crippen molar-refractivity contribution in [1.29, 1.82) is 0 Å². The van der Waals surface area contributed by atoms with E-state index in [2.05, 4.69) is 36.1 Å². The molecule has 0 bridgehead atoms. The van der Waals surface area contributed by atoms with Crippen LogP contribution >= 0.6 is 0 Å². The van der Waals surface area contributed by atoms with Gasteiger partial charge in [-0.3, -0.25) is 4.90 Å². The first-order valence-corrected chi connectivity index (χ1v) is 15.4. The quantitative estimate of drug-likeness (QED) is 0.182. The predicted octanol–water partition coefficient (Wildman–Crippen LogP) is 6.17. The highest BCUT2D eigenvalue weighted by Gasteiger charge is 2.34. The molecule has 3 atom stereocenters. The number of benzene rings is 2. The van der Waals surface area contributed by atoms with Crippen molar-refractivity contribution in [2.75, 3.05) is 38.4 Å². The average molecular weight is 658 g/mol. The first-order valence-electron chi connectivity index (χ1n) is 15.4. The third-order valence-electron chi connectivity index (χ3n) is 8.71. The normalized spacial score (nSPS) is 17.8. The van der Waals surface area contributed by atoms with Gasteiger partial charge in [0.25, 0.3) is 0 Å². The molecule has 5 heterocycles. The number of pyridine rings is 2. The molecule has 48 heavy (non-hydrogen) atoms. The Morgan fingerprint density at radius 1 is 1.12 bits per heavy atom. The number of rotatable bonds is 6. The van der Waals surface area contributed by atoms with Gasteiger partial charge in [-0.25, -0.2) is 23.1 Å². The highest BCUT2D eigenvalue weighted by Crippen LogP contribution is 2.41. The highest BCUT2D eigenvalue weighted by atomic mass is 19.1. The highest BCUT2D eigenvalue weighted by molar-refractivity contribution is 6.04. The molecule has 0 amide bonds. The molecule has 3 unspecified atom stereocenters. The van der Waals surface area contributed by atoms with Crippen molar-refractivity contribution < 1.29 is 27.8 Å². The van der Waals surface area contributed by atoms with E-state index in [4.69, 9.17) is 21.6 Å². The van der Waals surface area contributed by atoms with Crippen LogP contribution in [0, 0.1) is 24.0 Å². The lowest BCUT2D eigenvalue weighted by Gasteiger charge is -2.19. The van der Waals surface area contributed by atoms with Gasteiger partial charge < -0.3 is 25.6 Å². The summed E-state index contributed by atoms with van der Waals surface area (Å²) >= 11 is 0. The summed E-state index contributed by atoms with van der Waals surface area (Å²) in [7, 11) is 2.70. The third kappa shape index (κ3) is 6.06. The summed E-state index contributed by atoms with van der Waals surface area (Å²) in [5.41, 5.74) is 6.21. The number of fused-ring (bicyclic) bond motifs is 3. The van der Waals surface area contributed by atoms with Gasteiger partial charge in [0.1, 0.15) is 46.0 Å². The summed E-state index contributed by atoms with van der Waals surface area (Å²) in [6, 6.07) is 8.86. The van der Waals surface area contributed by atoms with Gasteiger partial charge in [-0.2, -0.15) is 9.97 Å². The van der Waals surface area contributed by atoms with Gasteiger partial charge in [0.2, 0.25) is 5.88 Å². The van der Waals surface area contributed by atoms with E-state index >= 15 is 4.39 Å². The molecule has 2 aliphatic heterocycles. The van der Waals surface area contributed by atoms with Gasteiger partial charge in [0.15, 0.2) is 5.82 Å². The van der Waals surface area contributed by atoms with Crippen molar-refractivity contribution in [2.45, 2.75) is 44.4 Å². The predicted molar refractivity (Wildman–Crippen MR) is 178 cm³/mol. The fourth-order valence-corrected chi connectivity index (χ4v) is 6.50. The fraction of sp³-hybridized carbons (Fsp3) is 0.314. The number of methoxy groups -OCH3 is 2. The number of terminal acetylenes is 1. The van der Waals surface area contributed by atoms with Crippen molar-refractivity contribution in [3.05, 3.63) is 65.4 Å². The monoisotopic (exact) mass is 657 g/mol. The summed E-state index contributed by atoms with van der Waals surface area (Å²) in [5, 5.41) is 14.3. The number of nitrogen functional groups attached to an aromatic ring is 1. The van der Waals surface area contributed by atoms with Gasteiger partial charge in [-0.05, 0) is 62.4 Å². The minimum absolute atomic E-state index is 0.0342. The molecule has 2 saturated heterocycles. The van der Waals surface area contributed by atoms with Crippen molar-refractivity contribution in [3.8, 4) is 41.2 Å². The van der Waals surface area contributed by atoms with Crippen LogP contribution in [0.1, 0.15) is 43.4 Å². The van der Waals surface area contributed by atoms with E-state index in [1.807, 2.05) is 6.92 Å². The number of nitrogens with zero attached hydrogens (tertiary/aromatic N) is 5. The van der Waals surface area contributed by atoms with Crippen molar-refractivity contribution in [3.63, 3.8) is 0 Å². The van der Waals surface area contributed by atoms with Crippen molar-refractivity contribution in [2.24, 2.45) is 0 Å². The number of halogens is 3. The van der Waals surface area contributed by atoms with Crippen LogP contribution in [0.15, 0.2) is 42.6 Å². The molecule has 0 radical (unpaired) electrons. The molecule has 13 heteroatoms. The molecule has 0 saturated carbocycles. The van der Waals surface area contributed by atoms with Crippen LogP contribution in [-0.4, -0.2) is 69.5 Å². The van der Waals surface area contributed by atoms with Gasteiger partial charge in [-0.1, -0.05) is 18.1 Å². The van der Waals surface area contributed by atoms with Gasteiger partial charge in [0, 0.05) is 35.3 Å². The van der Waals surface area contributed by atoms with E-state index in [1.165, 1.54) is 51.3 Å². The van der Waals surface area contributed by atoms with Crippen LogP contribution in [0.4, 0.5) is 24.8 Å². The zero-order valence-electron chi connectivity index (χ0n) is 26.6. The Morgan fingerprint density at radius 2 is 1.94 bits per heavy atom. The lowest BCUT2D eigenvalue weighted by atomic mass is 9.95. The van der Waals surface area contributed by atoms with Crippen LogP contribution in [0.5, 0.6) is 17.6 Å². The average Bonchev–Trinajstić information content (AvgIpc) is 3.66. The number of aromatic hydroxyl groups is 1. The zero-order valence-corrected chi connectivity index (χ0v) is 26.6. The number of alkyl halides is 1. The lowest BCUT2D eigenvalue weighted by Crippen LogP contribution is -2.22. The minimum atomic E-state index is -0.887. The first kappa shape index (κ1) is 32.6. The van der Waals surface area contributed by atoms with Crippen molar-refractivity contribution >= 4 is 33.3 Å². The van der Waals surface area contributed by atoms with Crippen LogP contribution in [0.2, 0.25) is 0 Å². The number of ether oxygens (including phenoxy) is 2. The maximum Gasteiger partial charge on any atom is 0.318 e. The molecular weight excluding hydrogens is 623 g/mol. The van der Waals surface area contributed by atoms with Gasteiger partial charge in [0.05, 0.1) is 25.8 Å². The van der Waals surface area contributed by atoms with Crippen LogP contribution in [0.3, 0.4) is 0 Å². The summed E-state index contributed by atoms with van der Waals surface area (Å²) in [5.74, 6) is 0.998. The SMILES string of the molecule is C#Cc1c(F)ccc2cc(O)cc(-c3nc(OC)c4c(NC(C)c5cccnc5N)nc(OC)nc4c3F)c12.FC1CC2CCCN2C1. The number of hydrogen-bond acceptors (Lipinski definition) is 10. The summed E-state index contributed by atoms with van der Waals surface area (Å²) < 4.78 is 54.4. The lowest BCUT2D eigenvalue weighted by molar-refractivity contribution is 0.292. The maximum atomic E-state index is 16.3. The Bertz CT molecular complexity index is 2040. The Labute approximate surface area is 275 Å². The molecule has 5 aromatic rings. The molecule has 0 spiro atoms. The van der Waals surface area contributed by atoms with E-state index in [0.29, 0.717) is 29.4 Å². The number of anilines is 2. The maximum absolute atomic E-state index is 16.3. The molecule has 2 fully saturated rings. The van der Waals surface area contributed by atoms with E-state index in [9.17, 15) is 13.9 Å². The second-order valence-electron chi connectivity index (χ2n) is 11.7. The zero-order chi connectivity index (χ0) is 34.1. The van der Waals surface area contributed by atoms with Crippen LogP contribution in [0.25, 0.3) is 32.9 Å². The van der Waals surface area contributed by atoms with E-state index < -0.39 is 23.8 Å². The number of nitrogens with two attached hydrogens (primary N) is 1. The van der Waals surface area contributed by atoms with Gasteiger partial charge in [-0.15, -0.1) is 6.42 Å². The van der Waals surface area contributed by atoms with Crippen LogP contribution in [-0.2, 0) is 0 Å². The molecule has 2 aliphatic rings. The Morgan fingerprint density at radius 3 is 2.65 bits per heavy atom. The van der Waals surface area contributed by atoms with Gasteiger partial charge >= 0.3 is 6.01 Å². The van der Waals surface area contributed by atoms with E-state index in [1.54, 1.807) is 18.3 Å². The first-order chi connectivity index (χ1) is 23.1. The number of phenols is 1. The molecule has 248 valence electrons. The molecule has 0 aliphatic carbocycles. The fourth-order valence-electron chi connectivity index (χ4n) is 6.50. The summed E-state index contributed by atoms with van der Waals surface area (Å²) in [6.07, 6.45) is 9.98. The second kappa shape index (κ2) is 13.4. The summed E-state index contributed by atoms with van der Waals surface area (Å²) in [6.45, 7) is 3.68. The Balaban J connectivity index is 0.000000381. The standard InChI is InChI=1S/C28H22F2N6O3.C7H12FN/c1-5-16-19(29)9-8-14-11-15(37)12-18(20(14)16)23-22(30)24-21(27(34-23)38-3)26(36-28(35-24)39-4)33-13(2)17-7-6-10-32-25(17)31;8-6-4-7-2-1-3-9(7)5-6/h1,6-13,37H,2-4H3,(H2,31,32)(H,33,35,36);6-7H,1-5H2. The molecule has 7 rings (SSSR count). The van der Waals surface area contributed by atoms with E-state index in [0.717, 1.165) is 13.0 Å². The van der Waals surface area contributed by atoms with E-state index in [-0.39, 0.29) is 56.6 Å². The minimum Gasteiger partial charge on any atom is -0.508 e. The van der Waals surface area contributed by atoms with Crippen LogP contribution < -0.4 is 20.5 Å². The molecule has 3 aromatic heterocycles. The third-order valence-corrected chi connectivity index (χ3v) is 8.71. The number of phenolic OH excluding ortho intramolecular Hbond substituents is 1. The topological polar surface area (TPSA) is 132 Å². The van der Waals surface area contributed by atoms with Crippen molar-refractivity contribution in [1.82, 2.24) is 24.8 Å². The molecule has 10 nitrogen and oxygen atoms in total. The largest absolute Gasteiger partial charge is 0.508 e. The summed E-state index contributed by atoms with van der Waals surface area (Å²) in [4.78, 5) is 19.4. The molecule has 4 N–H and O–H groups in total. The molecular formula is C35H34F3N7O3. The smallest absolute Gasteiger partial charge is 0.318 e. The number of aromatic nitrogens is 4. The second-order valence-corrected chi connectivity index (χ2v) is 11.7. The Kier molecular flexibility index (Phi) is 9.10. The number of hydrogen-bond donors (Lipinski definition) is 3. The Hall–Kier alpha value is -5.35. The number of nitrogens with one attached hydrogen (secondary N) is 1. The molecule has 2 aromatic carbocycles.